The Morgan fingerprint density at radius 3 is 2.81 bits per heavy atom. The first-order valence-corrected chi connectivity index (χ1v) is 4.85. The van der Waals surface area contributed by atoms with Crippen molar-refractivity contribution in [2.45, 2.75) is 0 Å². The van der Waals surface area contributed by atoms with Gasteiger partial charge < -0.3 is 19.2 Å². The zero-order valence-electron chi connectivity index (χ0n) is 8.69. The molecule has 0 fully saturated rings. The maximum absolute atomic E-state index is 5.32. The lowest BCUT2D eigenvalue weighted by Crippen LogP contribution is -1.92. The minimum absolute atomic E-state index is 0.255. The number of aromatic nitrogens is 2. The molecule has 16 heavy (non-hydrogen) atoms. The SMILES string of the molecule is COc1cc2c(cc1-c1cnc[nH]1)OCO2. The smallest absolute Gasteiger partial charge is 0.231 e. The van der Waals surface area contributed by atoms with Crippen LogP contribution in [0.2, 0.25) is 0 Å². The van der Waals surface area contributed by atoms with E-state index in [1.165, 1.54) is 0 Å². The fourth-order valence-electron chi connectivity index (χ4n) is 1.71. The number of hydrogen-bond donors (Lipinski definition) is 1. The highest BCUT2D eigenvalue weighted by Crippen LogP contribution is 2.41. The van der Waals surface area contributed by atoms with Gasteiger partial charge in [-0.25, -0.2) is 4.98 Å². The molecule has 5 heteroatoms. The molecule has 0 spiro atoms. The van der Waals surface area contributed by atoms with Gasteiger partial charge in [-0.1, -0.05) is 0 Å². The van der Waals surface area contributed by atoms with E-state index in [1.807, 2.05) is 12.1 Å². The van der Waals surface area contributed by atoms with Crippen LogP contribution in [0, 0.1) is 0 Å². The maximum atomic E-state index is 5.32. The lowest BCUT2D eigenvalue weighted by atomic mass is 10.1. The average Bonchev–Trinajstić information content (AvgIpc) is 2.97. The summed E-state index contributed by atoms with van der Waals surface area (Å²) in [7, 11) is 1.62. The van der Waals surface area contributed by atoms with Crippen LogP contribution in [-0.4, -0.2) is 23.9 Å². The molecule has 2 heterocycles. The molecule has 2 aromatic rings. The number of imidazole rings is 1. The molecule has 0 unspecified atom stereocenters. The van der Waals surface area contributed by atoms with E-state index >= 15 is 0 Å². The second-order valence-corrected chi connectivity index (χ2v) is 3.37. The van der Waals surface area contributed by atoms with Crippen molar-refractivity contribution < 1.29 is 14.2 Å². The molecule has 0 saturated carbocycles. The standard InChI is InChI=1S/C11H10N2O3/c1-14-9-3-11-10(15-6-16-11)2-7(9)8-4-12-5-13-8/h2-5H,6H2,1H3,(H,12,13). The number of methoxy groups -OCH3 is 1. The summed E-state index contributed by atoms with van der Waals surface area (Å²) in [4.78, 5) is 7.02. The fraction of sp³-hybridized carbons (Fsp3) is 0.182. The van der Waals surface area contributed by atoms with E-state index in [0.29, 0.717) is 5.75 Å². The van der Waals surface area contributed by atoms with Crippen molar-refractivity contribution in [1.29, 1.82) is 0 Å². The molecule has 1 aliphatic rings. The molecular weight excluding hydrogens is 208 g/mol. The van der Waals surface area contributed by atoms with Crippen LogP contribution in [0.1, 0.15) is 0 Å². The Morgan fingerprint density at radius 2 is 2.12 bits per heavy atom. The third kappa shape index (κ3) is 1.29. The number of aromatic amines is 1. The third-order valence-electron chi connectivity index (χ3n) is 2.48. The largest absolute Gasteiger partial charge is 0.496 e. The molecule has 0 bridgehead atoms. The first-order valence-electron chi connectivity index (χ1n) is 4.85. The number of nitrogens with one attached hydrogen (secondary N) is 1. The molecule has 0 radical (unpaired) electrons. The number of nitrogens with zero attached hydrogens (tertiary/aromatic N) is 1. The molecule has 0 saturated heterocycles. The Kier molecular flexibility index (Phi) is 1.96. The Labute approximate surface area is 92.0 Å². The molecule has 1 aromatic heterocycles. The van der Waals surface area contributed by atoms with Crippen LogP contribution in [-0.2, 0) is 0 Å². The van der Waals surface area contributed by atoms with E-state index in [-0.39, 0.29) is 6.79 Å². The van der Waals surface area contributed by atoms with Gasteiger partial charge in [0.1, 0.15) is 5.75 Å². The van der Waals surface area contributed by atoms with Gasteiger partial charge in [-0.05, 0) is 6.07 Å². The molecule has 0 aliphatic carbocycles. The van der Waals surface area contributed by atoms with Crippen LogP contribution in [0.3, 0.4) is 0 Å². The molecule has 82 valence electrons. The molecule has 1 aromatic carbocycles. The average molecular weight is 218 g/mol. The summed E-state index contributed by atoms with van der Waals surface area (Å²) in [6.45, 7) is 0.255. The first kappa shape index (κ1) is 9.08. The van der Waals surface area contributed by atoms with Crippen LogP contribution in [0.25, 0.3) is 11.3 Å². The Bertz CT molecular complexity index is 508. The molecule has 1 N–H and O–H groups in total. The lowest BCUT2D eigenvalue weighted by molar-refractivity contribution is 0.174. The van der Waals surface area contributed by atoms with Gasteiger partial charge in [0.25, 0.3) is 0 Å². The number of ether oxygens (including phenoxy) is 3. The number of fused-ring (bicyclic) bond motifs is 1. The van der Waals surface area contributed by atoms with E-state index in [1.54, 1.807) is 19.6 Å². The molecular formula is C11H10N2O3. The summed E-state index contributed by atoms with van der Waals surface area (Å²) < 4.78 is 15.9. The highest BCUT2D eigenvalue weighted by Gasteiger charge is 2.18. The van der Waals surface area contributed by atoms with E-state index in [0.717, 1.165) is 22.8 Å². The van der Waals surface area contributed by atoms with Gasteiger partial charge >= 0.3 is 0 Å². The highest BCUT2D eigenvalue weighted by atomic mass is 16.7. The summed E-state index contributed by atoms with van der Waals surface area (Å²) in [5, 5.41) is 0. The zero-order valence-corrected chi connectivity index (χ0v) is 8.69. The van der Waals surface area contributed by atoms with Crippen LogP contribution in [0.15, 0.2) is 24.7 Å². The minimum atomic E-state index is 0.255. The van der Waals surface area contributed by atoms with Crippen LogP contribution in [0.5, 0.6) is 17.2 Å². The number of rotatable bonds is 2. The number of hydrogen-bond acceptors (Lipinski definition) is 4. The highest BCUT2D eigenvalue weighted by molar-refractivity contribution is 5.71. The van der Waals surface area contributed by atoms with Crippen molar-refractivity contribution in [1.82, 2.24) is 9.97 Å². The van der Waals surface area contributed by atoms with E-state index in [9.17, 15) is 0 Å². The van der Waals surface area contributed by atoms with Crippen molar-refractivity contribution in [3.05, 3.63) is 24.7 Å². The second kappa shape index (κ2) is 3.44. The Balaban J connectivity index is 2.17. The Morgan fingerprint density at radius 1 is 1.31 bits per heavy atom. The van der Waals surface area contributed by atoms with Gasteiger partial charge in [0, 0.05) is 11.6 Å². The molecule has 1 aliphatic heterocycles. The second-order valence-electron chi connectivity index (χ2n) is 3.37. The summed E-state index contributed by atoms with van der Waals surface area (Å²) >= 11 is 0. The van der Waals surface area contributed by atoms with Gasteiger partial charge in [0.2, 0.25) is 6.79 Å². The number of benzene rings is 1. The van der Waals surface area contributed by atoms with Crippen LogP contribution in [0.4, 0.5) is 0 Å². The lowest BCUT2D eigenvalue weighted by Gasteiger charge is -2.07. The van der Waals surface area contributed by atoms with Crippen molar-refractivity contribution in [3.8, 4) is 28.5 Å². The normalized spacial score (nSPS) is 12.8. The third-order valence-corrected chi connectivity index (χ3v) is 2.48. The topological polar surface area (TPSA) is 56.4 Å². The summed E-state index contributed by atoms with van der Waals surface area (Å²) in [6, 6.07) is 3.70. The quantitative estimate of drug-likeness (QED) is 0.835. The van der Waals surface area contributed by atoms with Gasteiger partial charge in [-0.2, -0.15) is 0 Å². The van der Waals surface area contributed by atoms with Crippen molar-refractivity contribution in [2.75, 3.05) is 13.9 Å². The van der Waals surface area contributed by atoms with E-state index in [4.69, 9.17) is 14.2 Å². The summed E-state index contributed by atoms with van der Waals surface area (Å²) in [6.07, 6.45) is 3.36. The van der Waals surface area contributed by atoms with Gasteiger partial charge in [-0.3, -0.25) is 0 Å². The van der Waals surface area contributed by atoms with E-state index in [2.05, 4.69) is 9.97 Å². The predicted molar refractivity (Wildman–Crippen MR) is 56.7 cm³/mol. The Hall–Kier alpha value is -2.17. The maximum Gasteiger partial charge on any atom is 0.231 e. The van der Waals surface area contributed by atoms with Gasteiger partial charge in [0.15, 0.2) is 11.5 Å². The first-order chi connectivity index (χ1) is 7.88. The van der Waals surface area contributed by atoms with Gasteiger partial charge in [-0.15, -0.1) is 0 Å². The number of H-pyrrole nitrogens is 1. The van der Waals surface area contributed by atoms with Crippen molar-refractivity contribution >= 4 is 0 Å². The van der Waals surface area contributed by atoms with Crippen LogP contribution < -0.4 is 14.2 Å². The monoisotopic (exact) mass is 218 g/mol. The molecule has 5 nitrogen and oxygen atoms in total. The van der Waals surface area contributed by atoms with E-state index < -0.39 is 0 Å². The van der Waals surface area contributed by atoms with Crippen molar-refractivity contribution in [3.63, 3.8) is 0 Å². The van der Waals surface area contributed by atoms with Crippen molar-refractivity contribution in [2.24, 2.45) is 0 Å². The minimum Gasteiger partial charge on any atom is -0.496 e. The molecule has 3 rings (SSSR count). The fourth-order valence-corrected chi connectivity index (χ4v) is 1.71. The van der Waals surface area contributed by atoms with Crippen LogP contribution >= 0.6 is 0 Å². The summed E-state index contributed by atoms with van der Waals surface area (Å²) in [5.74, 6) is 2.17. The molecule has 0 atom stereocenters. The summed E-state index contributed by atoms with van der Waals surface area (Å²) in [5.41, 5.74) is 1.79. The molecule has 0 amide bonds. The predicted octanol–water partition coefficient (Wildman–Crippen LogP) is 1.81. The zero-order chi connectivity index (χ0) is 11.0. The van der Waals surface area contributed by atoms with Gasteiger partial charge in [0.05, 0.1) is 25.3 Å².